The summed E-state index contributed by atoms with van der Waals surface area (Å²) in [5.41, 5.74) is 1.63. The summed E-state index contributed by atoms with van der Waals surface area (Å²) in [6.45, 7) is 5.71. The van der Waals surface area contributed by atoms with E-state index in [1.165, 1.54) is 6.07 Å². The van der Waals surface area contributed by atoms with E-state index in [0.717, 1.165) is 17.7 Å². The minimum absolute atomic E-state index is 0.0931. The van der Waals surface area contributed by atoms with Crippen LogP contribution in [-0.2, 0) is 11.2 Å². The lowest BCUT2D eigenvalue weighted by Crippen LogP contribution is -2.09. The van der Waals surface area contributed by atoms with Crippen molar-refractivity contribution in [3.05, 3.63) is 40.3 Å². The van der Waals surface area contributed by atoms with E-state index < -0.39 is 0 Å². The number of methoxy groups -OCH3 is 1. The van der Waals surface area contributed by atoms with Gasteiger partial charge in [0.25, 0.3) is 0 Å². The number of aromatic nitrogens is 1. The zero-order chi connectivity index (χ0) is 9.84. The smallest absolute Gasteiger partial charge is 0.248 e. The third-order valence-corrected chi connectivity index (χ3v) is 1.90. The number of rotatable bonds is 3. The second-order valence-electron chi connectivity index (χ2n) is 2.70. The quantitative estimate of drug-likeness (QED) is 0.715. The highest BCUT2D eigenvalue weighted by Gasteiger charge is 2.04. The molecular formula is C10H13NO2. The van der Waals surface area contributed by atoms with E-state index in [4.69, 9.17) is 4.74 Å². The van der Waals surface area contributed by atoms with Crippen LogP contribution in [-0.4, -0.2) is 12.1 Å². The van der Waals surface area contributed by atoms with Crippen LogP contribution in [0.4, 0.5) is 0 Å². The Kier molecular flexibility index (Phi) is 2.90. The molecule has 1 N–H and O–H groups in total. The summed E-state index contributed by atoms with van der Waals surface area (Å²) in [7, 11) is 1.56. The molecule has 0 unspecified atom stereocenters. The highest BCUT2D eigenvalue weighted by molar-refractivity contribution is 5.59. The van der Waals surface area contributed by atoms with Gasteiger partial charge in [0.15, 0.2) is 0 Å². The van der Waals surface area contributed by atoms with Crippen molar-refractivity contribution in [2.45, 2.75) is 13.3 Å². The number of aromatic amines is 1. The summed E-state index contributed by atoms with van der Waals surface area (Å²) >= 11 is 0. The molecule has 0 atom stereocenters. The molecule has 0 aliphatic heterocycles. The number of nitrogens with one attached hydrogen (secondary N) is 1. The van der Waals surface area contributed by atoms with Crippen molar-refractivity contribution in [2.75, 3.05) is 7.11 Å². The second kappa shape index (κ2) is 3.94. The van der Waals surface area contributed by atoms with Crippen molar-refractivity contribution in [1.29, 1.82) is 0 Å². The molecule has 13 heavy (non-hydrogen) atoms. The zero-order valence-corrected chi connectivity index (χ0v) is 7.89. The van der Waals surface area contributed by atoms with Gasteiger partial charge in [-0.3, -0.25) is 4.79 Å². The Morgan fingerprint density at radius 1 is 1.62 bits per heavy atom. The van der Waals surface area contributed by atoms with Crippen molar-refractivity contribution < 1.29 is 4.74 Å². The van der Waals surface area contributed by atoms with E-state index in [1.54, 1.807) is 13.2 Å². The van der Waals surface area contributed by atoms with Crippen molar-refractivity contribution in [3.8, 4) is 0 Å². The maximum atomic E-state index is 11.0. The van der Waals surface area contributed by atoms with E-state index in [1.807, 2.05) is 6.92 Å². The molecule has 0 amide bonds. The maximum absolute atomic E-state index is 11.0. The monoisotopic (exact) mass is 179 g/mol. The largest absolute Gasteiger partial charge is 0.497 e. The fourth-order valence-electron chi connectivity index (χ4n) is 1.17. The molecule has 1 rings (SSSR count). The molecule has 0 spiro atoms. The molecule has 0 aliphatic carbocycles. The summed E-state index contributed by atoms with van der Waals surface area (Å²) in [5, 5.41) is 0. The molecule has 0 radical (unpaired) electrons. The van der Waals surface area contributed by atoms with E-state index in [0.29, 0.717) is 5.76 Å². The Balaban J connectivity index is 3.21. The average molecular weight is 179 g/mol. The summed E-state index contributed by atoms with van der Waals surface area (Å²) in [5.74, 6) is 0.577. The fraction of sp³-hybridized carbons (Fsp3) is 0.300. The van der Waals surface area contributed by atoms with Gasteiger partial charge in [-0.25, -0.2) is 0 Å². The van der Waals surface area contributed by atoms with Crippen molar-refractivity contribution >= 4 is 5.76 Å². The molecule has 0 aliphatic rings. The molecule has 1 aromatic rings. The van der Waals surface area contributed by atoms with Gasteiger partial charge in [-0.15, -0.1) is 0 Å². The van der Waals surface area contributed by atoms with Gasteiger partial charge in [0, 0.05) is 17.3 Å². The first-order valence-electron chi connectivity index (χ1n) is 4.14. The van der Waals surface area contributed by atoms with Crippen molar-refractivity contribution in [2.24, 2.45) is 0 Å². The Labute approximate surface area is 77.1 Å². The van der Waals surface area contributed by atoms with Crippen LogP contribution in [0.15, 0.2) is 23.5 Å². The Morgan fingerprint density at radius 2 is 2.31 bits per heavy atom. The average Bonchev–Trinajstić information content (AvgIpc) is 2.16. The first-order valence-corrected chi connectivity index (χ1v) is 4.14. The Hall–Kier alpha value is -1.51. The maximum Gasteiger partial charge on any atom is 0.248 e. The molecular weight excluding hydrogens is 166 g/mol. The predicted octanol–water partition coefficient (Wildman–Crippen LogP) is 1.55. The lowest BCUT2D eigenvalue weighted by molar-refractivity contribution is 0.370. The van der Waals surface area contributed by atoms with Gasteiger partial charge >= 0.3 is 0 Å². The standard InChI is InChI=1S/C10H13NO2/c1-4-9-8(7(2)13-3)5-6-10(12)11-9/h5-6H,2,4H2,1,3H3,(H,11,12). The normalized spacial score (nSPS) is 9.69. The van der Waals surface area contributed by atoms with Crippen molar-refractivity contribution in [1.82, 2.24) is 4.98 Å². The first-order chi connectivity index (χ1) is 6.19. The highest BCUT2D eigenvalue weighted by Crippen LogP contribution is 2.14. The Bertz CT molecular complexity index is 365. The zero-order valence-electron chi connectivity index (χ0n) is 7.89. The molecule has 1 aromatic heterocycles. The van der Waals surface area contributed by atoms with Gasteiger partial charge in [0.2, 0.25) is 5.56 Å². The molecule has 0 aromatic carbocycles. The molecule has 0 bridgehead atoms. The van der Waals surface area contributed by atoms with Crippen LogP contribution < -0.4 is 5.56 Å². The number of H-pyrrole nitrogens is 1. The van der Waals surface area contributed by atoms with Crippen LogP contribution in [0, 0.1) is 0 Å². The van der Waals surface area contributed by atoms with E-state index in [-0.39, 0.29) is 5.56 Å². The SMILES string of the molecule is C=C(OC)c1ccc(=O)[nH]c1CC. The van der Waals surface area contributed by atoms with Gasteiger partial charge < -0.3 is 9.72 Å². The van der Waals surface area contributed by atoms with Gasteiger partial charge in [-0.05, 0) is 12.5 Å². The number of ether oxygens (including phenoxy) is 1. The molecule has 1 heterocycles. The van der Waals surface area contributed by atoms with Gasteiger partial charge in [-0.1, -0.05) is 13.5 Å². The third kappa shape index (κ3) is 1.99. The lowest BCUT2D eigenvalue weighted by Gasteiger charge is -2.08. The lowest BCUT2D eigenvalue weighted by atomic mass is 10.1. The van der Waals surface area contributed by atoms with Crippen LogP contribution in [0.2, 0.25) is 0 Å². The van der Waals surface area contributed by atoms with E-state index in [9.17, 15) is 4.79 Å². The van der Waals surface area contributed by atoms with Gasteiger partial charge in [0.1, 0.15) is 5.76 Å². The number of pyridine rings is 1. The summed E-state index contributed by atoms with van der Waals surface area (Å²) in [4.78, 5) is 13.7. The van der Waals surface area contributed by atoms with Crippen LogP contribution in [0.25, 0.3) is 5.76 Å². The summed E-state index contributed by atoms with van der Waals surface area (Å²) in [6.07, 6.45) is 0.758. The summed E-state index contributed by atoms with van der Waals surface area (Å²) < 4.78 is 5.00. The third-order valence-electron chi connectivity index (χ3n) is 1.90. The molecule has 0 fully saturated rings. The van der Waals surface area contributed by atoms with Crippen molar-refractivity contribution in [3.63, 3.8) is 0 Å². The van der Waals surface area contributed by atoms with E-state index in [2.05, 4.69) is 11.6 Å². The minimum Gasteiger partial charge on any atom is -0.497 e. The second-order valence-corrected chi connectivity index (χ2v) is 2.70. The number of hydrogen-bond donors (Lipinski definition) is 1. The molecule has 3 heteroatoms. The predicted molar refractivity (Wildman–Crippen MR) is 52.5 cm³/mol. The molecule has 3 nitrogen and oxygen atoms in total. The number of aryl methyl sites for hydroxylation is 1. The summed E-state index contributed by atoms with van der Waals surface area (Å²) in [6, 6.07) is 3.20. The minimum atomic E-state index is -0.0931. The van der Waals surface area contributed by atoms with Gasteiger partial charge in [0.05, 0.1) is 7.11 Å². The van der Waals surface area contributed by atoms with E-state index >= 15 is 0 Å². The molecule has 0 saturated carbocycles. The van der Waals surface area contributed by atoms with Crippen LogP contribution in [0.1, 0.15) is 18.2 Å². The Morgan fingerprint density at radius 3 is 2.85 bits per heavy atom. The number of hydrogen-bond acceptors (Lipinski definition) is 2. The molecule has 0 saturated heterocycles. The van der Waals surface area contributed by atoms with Crippen LogP contribution >= 0.6 is 0 Å². The molecule has 70 valence electrons. The topological polar surface area (TPSA) is 42.1 Å². The van der Waals surface area contributed by atoms with Crippen LogP contribution in [0.5, 0.6) is 0 Å². The highest BCUT2D eigenvalue weighted by atomic mass is 16.5. The fourth-order valence-corrected chi connectivity index (χ4v) is 1.17. The van der Waals surface area contributed by atoms with Crippen LogP contribution in [0.3, 0.4) is 0 Å². The van der Waals surface area contributed by atoms with Gasteiger partial charge in [-0.2, -0.15) is 0 Å². The first kappa shape index (κ1) is 9.58.